The Hall–Kier alpha value is -3.28. The number of nitrogens with zero attached hydrogens (tertiary/aromatic N) is 1. The van der Waals surface area contributed by atoms with Crippen molar-refractivity contribution in [2.24, 2.45) is 0 Å². The number of carbonyl (C=O) groups excluding carboxylic acids is 1. The van der Waals surface area contributed by atoms with Crippen LogP contribution in [0.15, 0.2) is 78.9 Å². The van der Waals surface area contributed by atoms with Crippen molar-refractivity contribution in [1.29, 1.82) is 0 Å². The van der Waals surface area contributed by atoms with Crippen molar-refractivity contribution < 1.29 is 22.7 Å². The first kappa shape index (κ1) is 19.1. The summed E-state index contributed by atoms with van der Waals surface area (Å²) in [7, 11) is 0. The van der Waals surface area contributed by atoms with Crippen LogP contribution in [0.25, 0.3) is 0 Å². The van der Waals surface area contributed by atoms with E-state index in [1.165, 1.54) is 16.5 Å². The molecule has 1 fully saturated rings. The van der Waals surface area contributed by atoms with E-state index in [0.717, 1.165) is 24.1 Å². The van der Waals surface area contributed by atoms with Crippen LogP contribution in [0.2, 0.25) is 0 Å². The van der Waals surface area contributed by atoms with E-state index in [9.17, 15) is 18.0 Å². The van der Waals surface area contributed by atoms with Crippen molar-refractivity contribution in [3.63, 3.8) is 0 Å². The lowest BCUT2D eigenvalue weighted by atomic mass is 10.0. The molecule has 0 bridgehead atoms. The molecular weight excluding hydrogens is 379 g/mol. The third-order valence-corrected chi connectivity index (χ3v) is 4.94. The van der Waals surface area contributed by atoms with Crippen molar-refractivity contribution in [3.05, 3.63) is 101 Å². The summed E-state index contributed by atoms with van der Waals surface area (Å²) >= 11 is 0. The van der Waals surface area contributed by atoms with Gasteiger partial charge in [0.2, 0.25) is 0 Å². The molecule has 0 unspecified atom stereocenters. The van der Waals surface area contributed by atoms with Crippen LogP contribution in [-0.4, -0.2) is 12.7 Å². The van der Waals surface area contributed by atoms with Gasteiger partial charge < -0.3 is 4.74 Å². The molecule has 148 valence electrons. The quantitative estimate of drug-likeness (QED) is 0.541. The maximum Gasteiger partial charge on any atom is 0.416 e. The molecule has 0 saturated carbocycles. The Morgan fingerprint density at radius 1 is 0.897 bits per heavy atom. The van der Waals surface area contributed by atoms with E-state index in [1.54, 1.807) is 18.2 Å². The first-order valence-corrected chi connectivity index (χ1v) is 9.18. The highest BCUT2D eigenvalue weighted by Crippen LogP contribution is 2.36. The van der Waals surface area contributed by atoms with Gasteiger partial charge in [-0.25, -0.2) is 4.79 Å². The van der Waals surface area contributed by atoms with E-state index in [-0.39, 0.29) is 6.61 Å². The summed E-state index contributed by atoms with van der Waals surface area (Å²) < 4.78 is 44.3. The summed E-state index contributed by atoms with van der Waals surface area (Å²) in [5.41, 5.74) is 2.48. The zero-order chi connectivity index (χ0) is 20.4. The summed E-state index contributed by atoms with van der Waals surface area (Å²) in [6.07, 6.45) is -4.25. The van der Waals surface area contributed by atoms with Crippen LogP contribution >= 0.6 is 0 Å². The summed E-state index contributed by atoms with van der Waals surface area (Å²) in [4.78, 5) is 13.7. The fraction of sp³-hybridized carbons (Fsp3) is 0.174. The van der Waals surface area contributed by atoms with Crippen molar-refractivity contribution in [2.45, 2.75) is 18.6 Å². The lowest BCUT2D eigenvalue weighted by Crippen LogP contribution is -2.27. The van der Waals surface area contributed by atoms with Gasteiger partial charge in [0.25, 0.3) is 0 Å². The minimum absolute atomic E-state index is 0.00586. The van der Waals surface area contributed by atoms with Gasteiger partial charge in [-0.3, -0.25) is 4.90 Å². The maximum atomic E-state index is 13.1. The Balaban J connectivity index is 1.59. The first-order valence-electron chi connectivity index (χ1n) is 9.18. The molecule has 0 N–H and O–H groups in total. The monoisotopic (exact) mass is 397 g/mol. The van der Waals surface area contributed by atoms with Crippen LogP contribution in [-0.2, 0) is 17.3 Å². The van der Waals surface area contributed by atoms with Gasteiger partial charge in [-0.1, -0.05) is 54.6 Å². The number of ether oxygens (including phenoxy) is 1. The fourth-order valence-electron chi connectivity index (χ4n) is 3.48. The molecular formula is C23H18F3NO2. The third kappa shape index (κ3) is 4.11. The molecule has 1 saturated heterocycles. The van der Waals surface area contributed by atoms with Gasteiger partial charge in [0, 0.05) is 5.69 Å². The number of carbonyl (C=O) groups is 1. The smallest absolute Gasteiger partial charge is 0.416 e. The second kappa shape index (κ2) is 7.62. The molecule has 3 aromatic carbocycles. The topological polar surface area (TPSA) is 29.5 Å². The van der Waals surface area contributed by atoms with Gasteiger partial charge in [-0.05, 0) is 47.4 Å². The Morgan fingerprint density at radius 3 is 2.28 bits per heavy atom. The molecule has 4 rings (SSSR count). The zero-order valence-electron chi connectivity index (χ0n) is 15.4. The molecule has 6 heteroatoms. The van der Waals surface area contributed by atoms with Gasteiger partial charge in [0.15, 0.2) is 0 Å². The third-order valence-electron chi connectivity index (χ3n) is 4.94. The predicted octanol–water partition coefficient (Wildman–Crippen LogP) is 5.99. The molecule has 1 aliphatic rings. The number of amides is 1. The lowest BCUT2D eigenvalue weighted by molar-refractivity contribution is -0.137. The minimum atomic E-state index is -4.44. The standard InChI is InChI=1S/C23H18F3NO2/c24-23(25,26)19-8-4-7-18(14-19)21-15-29-22(28)27(21)20-11-9-17(10-12-20)13-16-5-2-1-3-6-16/h1-12,14,21H,13,15H2/t21-/m1/s1. The number of alkyl halides is 3. The van der Waals surface area contributed by atoms with Gasteiger partial charge in [-0.2, -0.15) is 13.2 Å². The normalized spacial score (nSPS) is 16.7. The minimum Gasteiger partial charge on any atom is -0.447 e. The summed E-state index contributed by atoms with van der Waals surface area (Å²) in [5.74, 6) is 0. The molecule has 0 radical (unpaired) electrons. The highest BCUT2D eigenvalue weighted by molar-refractivity contribution is 5.90. The van der Waals surface area contributed by atoms with Crippen LogP contribution < -0.4 is 4.90 Å². The number of cyclic esters (lactones) is 1. The molecule has 0 aliphatic carbocycles. The van der Waals surface area contributed by atoms with Crippen LogP contribution in [0, 0.1) is 0 Å². The van der Waals surface area contributed by atoms with Gasteiger partial charge >= 0.3 is 12.3 Å². The molecule has 1 aliphatic heterocycles. The molecule has 1 heterocycles. The molecule has 1 amide bonds. The van der Waals surface area contributed by atoms with Gasteiger partial charge in [0.1, 0.15) is 6.61 Å². The van der Waals surface area contributed by atoms with Crippen molar-refractivity contribution in [3.8, 4) is 0 Å². The second-order valence-corrected chi connectivity index (χ2v) is 6.91. The number of hydrogen-bond acceptors (Lipinski definition) is 2. The predicted molar refractivity (Wildman–Crippen MR) is 104 cm³/mol. The first-order chi connectivity index (χ1) is 13.9. The average Bonchev–Trinajstić information content (AvgIpc) is 3.10. The van der Waals surface area contributed by atoms with Crippen LogP contribution in [0.5, 0.6) is 0 Å². The van der Waals surface area contributed by atoms with E-state index < -0.39 is 23.9 Å². The molecule has 1 atom stereocenters. The van der Waals surface area contributed by atoms with Gasteiger partial charge in [-0.15, -0.1) is 0 Å². The van der Waals surface area contributed by atoms with Crippen molar-refractivity contribution in [2.75, 3.05) is 11.5 Å². The zero-order valence-corrected chi connectivity index (χ0v) is 15.4. The van der Waals surface area contributed by atoms with E-state index in [1.807, 2.05) is 42.5 Å². The largest absolute Gasteiger partial charge is 0.447 e. The molecule has 3 nitrogen and oxygen atoms in total. The fourth-order valence-corrected chi connectivity index (χ4v) is 3.48. The number of rotatable bonds is 4. The maximum absolute atomic E-state index is 13.1. The molecule has 0 spiro atoms. The average molecular weight is 397 g/mol. The van der Waals surface area contributed by atoms with Crippen LogP contribution in [0.3, 0.4) is 0 Å². The van der Waals surface area contributed by atoms with E-state index in [2.05, 4.69) is 0 Å². The van der Waals surface area contributed by atoms with Crippen LogP contribution in [0.1, 0.15) is 28.3 Å². The molecule has 29 heavy (non-hydrogen) atoms. The van der Waals surface area contributed by atoms with Crippen molar-refractivity contribution >= 4 is 11.8 Å². The lowest BCUT2D eigenvalue weighted by Gasteiger charge is -2.22. The number of benzene rings is 3. The Bertz CT molecular complexity index is 1000. The van der Waals surface area contributed by atoms with Crippen molar-refractivity contribution in [1.82, 2.24) is 0 Å². The highest BCUT2D eigenvalue weighted by atomic mass is 19.4. The molecule has 0 aromatic heterocycles. The summed E-state index contributed by atoms with van der Waals surface area (Å²) in [6, 6.07) is 21.8. The van der Waals surface area contributed by atoms with E-state index in [0.29, 0.717) is 11.3 Å². The SMILES string of the molecule is O=C1OC[C@H](c2cccc(C(F)(F)F)c2)N1c1ccc(Cc2ccccc2)cc1. The Labute approximate surface area is 166 Å². The van der Waals surface area contributed by atoms with Crippen LogP contribution in [0.4, 0.5) is 23.7 Å². The Morgan fingerprint density at radius 2 is 1.59 bits per heavy atom. The number of anilines is 1. The van der Waals surface area contributed by atoms with Gasteiger partial charge in [0.05, 0.1) is 11.6 Å². The highest BCUT2D eigenvalue weighted by Gasteiger charge is 2.37. The number of hydrogen-bond donors (Lipinski definition) is 0. The number of halogens is 3. The summed E-state index contributed by atoms with van der Waals surface area (Å²) in [5, 5.41) is 0. The Kier molecular flexibility index (Phi) is 5.01. The molecule has 3 aromatic rings. The second-order valence-electron chi connectivity index (χ2n) is 6.91. The summed E-state index contributed by atoms with van der Waals surface area (Å²) in [6.45, 7) is 0.00586. The van der Waals surface area contributed by atoms with E-state index >= 15 is 0 Å². The van der Waals surface area contributed by atoms with E-state index in [4.69, 9.17) is 4.74 Å².